The lowest BCUT2D eigenvalue weighted by atomic mass is 10.0. The van der Waals surface area contributed by atoms with E-state index in [1.165, 1.54) is 0 Å². The second-order valence-corrected chi connectivity index (χ2v) is 8.21. The molecule has 2 aromatic heterocycles. The van der Waals surface area contributed by atoms with E-state index in [1.54, 1.807) is 30.5 Å². The van der Waals surface area contributed by atoms with Gasteiger partial charge in [0, 0.05) is 18.5 Å². The first-order valence-corrected chi connectivity index (χ1v) is 11.1. The predicted octanol–water partition coefficient (Wildman–Crippen LogP) is 4.63. The van der Waals surface area contributed by atoms with Crippen LogP contribution in [0.1, 0.15) is 59.2 Å². The zero-order valence-electron chi connectivity index (χ0n) is 17.8. The number of amides is 1. The molecule has 1 amide bonds. The number of nitrogens with one attached hydrogen (secondary N) is 1. The van der Waals surface area contributed by atoms with Crippen molar-refractivity contribution in [3.63, 3.8) is 0 Å². The zero-order chi connectivity index (χ0) is 21.9. The van der Waals surface area contributed by atoms with Gasteiger partial charge in [-0.3, -0.25) is 14.2 Å². The molecule has 0 saturated heterocycles. The highest BCUT2D eigenvalue weighted by Gasteiger charge is 2.21. The molecule has 0 radical (unpaired) electrons. The van der Waals surface area contributed by atoms with Crippen molar-refractivity contribution in [2.75, 3.05) is 0 Å². The number of rotatable bonds is 4. The summed E-state index contributed by atoms with van der Waals surface area (Å²) in [6.07, 6.45) is 6.70. The Morgan fingerprint density at radius 2 is 1.84 bits per heavy atom. The van der Waals surface area contributed by atoms with E-state index in [0.717, 1.165) is 43.5 Å². The molecule has 3 heterocycles. The third-order valence-corrected chi connectivity index (χ3v) is 6.06. The average Bonchev–Trinajstić information content (AvgIpc) is 3.33. The van der Waals surface area contributed by atoms with Crippen molar-refractivity contribution >= 4 is 16.8 Å². The van der Waals surface area contributed by atoms with Gasteiger partial charge in [0.2, 0.25) is 0 Å². The fraction of sp³-hybridized carbons (Fsp3) is 0.269. The minimum absolute atomic E-state index is 0.0170. The van der Waals surface area contributed by atoms with Crippen molar-refractivity contribution in [2.24, 2.45) is 0 Å². The number of fused-ring (bicyclic) bond motifs is 2. The molecule has 0 bridgehead atoms. The van der Waals surface area contributed by atoms with Crippen LogP contribution in [0.15, 0.2) is 76.1 Å². The maximum atomic E-state index is 13.2. The topological polar surface area (TPSA) is 77.1 Å². The largest absolute Gasteiger partial charge is 0.467 e. The highest BCUT2D eigenvalue weighted by Crippen LogP contribution is 2.23. The number of carbonyl (C=O) groups is 1. The molecule has 1 N–H and O–H groups in total. The fourth-order valence-corrected chi connectivity index (χ4v) is 4.37. The number of aromatic nitrogens is 2. The number of aryl methyl sites for hydroxylation is 1. The fourth-order valence-electron chi connectivity index (χ4n) is 4.37. The van der Waals surface area contributed by atoms with Gasteiger partial charge < -0.3 is 9.73 Å². The third-order valence-electron chi connectivity index (χ3n) is 6.06. The molecule has 1 unspecified atom stereocenters. The summed E-state index contributed by atoms with van der Waals surface area (Å²) in [4.78, 5) is 31.0. The first-order valence-electron chi connectivity index (χ1n) is 11.1. The van der Waals surface area contributed by atoms with Gasteiger partial charge in [-0.15, -0.1) is 0 Å². The molecule has 1 aliphatic heterocycles. The van der Waals surface area contributed by atoms with E-state index in [1.807, 2.05) is 41.0 Å². The Kier molecular flexibility index (Phi) is 5.58. The Labute approximate surface area is 185 Å². The van der Waals surface area contributed by atoms with Crippen LogP contribution in [0.25, 0.3) is 10.9 Å². The summed E-state index contributed by atoms with van der Waals surface area (Å²) >= 11 is 0. The van der Waals surface area contributed by atoms with Gasteiger partial charge in [-0.05, 0) is 48.7 Å². The standard InChI is InChI=1S/C26H25N3O3/c30-25(28-24(22-11-8-16-32-22)18-9-4-3-5-10-18)19-13-14-20-21(17-19)27-23-12-6-1-2-7-15-29(23)26(20)31/h3-5,8-11,13-14,16-17,24H,1-2,6-7,12,15H2,(H,28,30). The van der Waals surface area contributed by atoms with Gasteiger partial charge in [-0.2, -0.15) is 0 Å². The molecule has 5 rings (SSSR count). The van der Waals surface area contributed by atoms with E-state index in [4.69, 9.17) is 9.40 Å². The Morgan fingerprint density at radius 3 is 2.66 bits per heavy atom. The molecule has 1 atom stereocenters. The second kappa shape index (κ2) is 8.83. The minimum atomic E-state index is -0.413. The Bertz CT molecular complexity index is 1290. The van der Waals surface area contributed by atoms with Crippen molar-refractivity contribution < 1.29 is 9.21 Å². The summed E-state index contributed by atoms with van der Waals surface area (Å²) in [5.41, 5.74) is 1.95. The smallest absolute Gasteiger partial charge is 0.261 e. The average molecular weight is 428 g/mol. The SMILES string of the molecule is O=C(NC(c1ccccc1)c1ccco1)c1ccc2c(=O)n3c(nc2c1)CCCCCC3. The van der Waals surface area contributed by atoms with E-state index in [2.05, 4.69) is 5.32 Å². The summed E-state index contributed by atoms with van der Waals surface area (Å²) in [7, 11) is 0. The van der Waals surface area contributed by atoms with Gasteiger partial charge in [-0.25, -0.2) is 4.98 Å². The van der Waals surface area contributed by atoms with Crippen molar-refractivity contribution in [3.05, 3.63) is 100.0 Å². The summed E-state index contributed by atoms with van der Waals surface area (Å²) in [5.74, 6) is 1.23. The van der Waals surface area contributed by atoms with Crippen LogP contribution < -0.4 is 10.9 Å². The molecule has 4 aromatic rings. The number of furan rings is 1. The maximum absolute atomic E-state index is 13.2. The van der Waals surface area contributed by atoms with Crippen LogP contribution in [0.4, 0.5) is 0 Å². The molecule has 6 nitrogen and oxygen atoms in total. The van der Waals surface area contributed by atoms with E-state index in [9.17, 15) is 9.59 Å². The lowest BCUT2D eigenvalue weighted by molar-refractivity contribution is 0.0939. The van der Waals surface area contributed by atoms with Crippen molar-refractivity contribution in [2.45, 2.75) is 44.7 Å². The Balaban J connectivity index is 1.49. The van der Waals surface area contributed by atoms with E-state index in [-0.39, 0.29) is 11.5 Å². The molecular weight excluding hydrogens is 402 g/mol. The summed E-state index contributed by atoms with van der Waals surface area (Å²) in [5, 5.41) is 3.62. The van der Waals surface area contributed by atoms with Crippen LogP contribution in [0.2, 0.25) is 0 Å². The van der Waals surface area contributed by atoms with E-state index >= 15 is 0 Å². The number of hydrogen-bond donors (Lipinski definition) is 1. The van der Waals surface area contributed by atoms with Crippen LogP contribution in [-0.4, -0.2) is 15.5 Å². The van der Waals surface area contributed by atoms with Crippen LogP contribution in [0.3, 0.4) is 0 Å². The molecular formula is C26H25N3O3. The number of carbonyl (C=O) groups excluding carboxylic acids is 1. The molecule has 1 aliphatic rings. The van der Waals surface area contributed by atoms with Gasteiger partial charge in [0.25, 0.3) is 11.5 Å². The summed E-state index contributed by atoms with van der Waals surface area (Å²) < 4.78 is 7.40. The molecule has 0 saturated carbocycles. The Morgan fingerprint density at radius 1 is 1.00 bits per heavy atom. The number of nitrogens with zero attached hydrogens (tertiary/aromatic N) is 2. The quantitative estimate of drug-likeness (QED) is 0.515. The zero-order valence-corrected chi connectivity index (χ0v) is 17.8. The number of benzene rings is 2. The predicted molar refractivity (Wildman–Crippen MR) is 123 cm³/mol. The number of hydrogen-bond acceptors (Lipinski definition) is 4. The highest BCUT2D eigenvalue weighted by atomic mass is 16.3. The van der Waals surface area contributed by atoms with Crippen molar-refractivity contribution in [3.8, 4) is 0 Å². The van der Waals surface area contributed by atoms with Crippen LogP contribution >= 0.6 is 0 Å². The molecule has 32 heavy (non-hydrogen) atoms. The van der Waals surface area contributed by atoms with Crippen LogP contribution in [-0.2, 0) is 13.0 Å². The van der Waals surface area contributed by atoms with E-state index < -0.39 is 6.04 Å². The maximum Gasteiger partial charge on any atom is 0.261 e. The monoisotopic (exact) mass is 427 g/mol. The minimum Gasteiger partial charge on any atom is -0.467 e. The van der Waals surface area contributed by atoms with E-state index in [0.29, 0.717) is 28.8 Å². The second-order valence-electron chi connectivity index (χ2n) is 8.21. The Hall–Kier alpha value is -3.67. The van der Waals surface area contributed by atoms with Gasteiger partial charge in [0.15, 0.2) is 0 Å². The summed E-state index contributed by atoms with van der Waals surface area (Å²) in [6.45, 7) is 0.710. The lowest BCUT2D eigenvalue weighted by Crippen LogP contribution is -2.29. The highest BCUT2D eigenvalue weighted by molar-refractivity contribution is 5.98. The summed E-state index contributed by atoms with van der Waals surface area (Å²) in [6, 6.07) is 18.1. The normalized spacial score (nSPS) is 14.9. The van der Waals surface area contributed by atoms with Crippen LogP contribution in [0.5, 0.6) is 0 Å². The van der Waals surface area contributed by atoms with Crippen molar-refractivity contribution in [1.82, 2.24) is 14.9 Å². The molecule has 0 fully saturated rings. The molecule has 162 valence electrons. The third kappa shape index (κ3) is 3.96. The van der Waals surface area contributed by atoms with Gasteiger partial charge >= 0.3 is 0 Å². The van der Waals surface area contributed by atoms with Crippen LogP contribution in [0, 0.1) is 0 Å². The molecule has 6 heteroatoms. The van der Waals surface area contributed by atoms with Crippen molar-refractivity contribution in [1.29, 1.82) is 0 Å². The van der Waals surface area contributed by atoms with Gasteiger partial charge in [-0.1, -0.05) is 43.2 Å². The first kappa shape index (κ1) is 20.2. The van der Waals surface area contributed by atoms with Gasteiger partial charge in [0.1, 0.15) is 17.6 Å². The van der Waals surface area contributed by atoms with Gasteiger partial charge in [0.05, 0.1) is 17.2 Å². The first-order chi connectivity index (χ1) is 15.7. The molecule has 0 aliphatic carbocycles. The molecule has 2 aromatic carbocycles. The lowest BCUT2D eigenvalue weighted by Gasteiger charge is -2.18. The molecule has 0 spiro atoms.